The van der Waals surface area contributed by atoms with Gasteiger partial charge in [0.15, 0.2) is 0 Å². The van der Waals surface area contributed by atoms with E-state index < -0.39 is 0 Å². The van der Waals surface area contributed by atoms with Gasteiger partial charge in [-0.3, -0.25) is 4.68 Å². The Bertz CT molecular complexity index is 492. The third-order valence-corrected chi connectivity index (χ3v) is 4.56. The summed E-state index contributed by atoms with van der Waals surface area (Å²) in [5.41, 5.74) is 1.13. The van der Waals surface area contributed by atoms with Gasteiger partial charge in [-0.05, 0) is 41.0 Å². The highest BCUT2D eigenvalue weighted by Crippen LogP contribution is 2.27. The van der Waals surface area contributed by atoms with Crippen LogP contribution < -0.4 is 5.32 Å². The van der Waals surface area contributed by atoms with E-state index in [9.17, 15) is 0 Å². The normalized spacial score (nSPS) is 12.8. The molecule has 0 fully saturated rings. The summed E-state index contributed by atoms with van der Waals surface area (Å²) in [6.45, 7) is 3.22. The summed E-state index contributed by atoms with van der Waals surface area (Å²) in [5, 5.41) is 10.2. The van der Waals surface area contributed by atoms with Gasteiger partial charge in [0.05, 0.1) is 5.69 Å². The van der Waals surface area contributed by atoms with Crippen LogP contribution in [0.1, 0.15) is 30.0 Å². The van der Waals surface area contributed by atoms with Crippen molar-refractivity contribution in [3.05, 3.63) is 38.8 Å². The molecule has 2 aromatic rings. The van der Waals surface area contributed by atoms with E-state index >= 15 is 0 Å². The molecular formula is C13H18BrN3S. The monoisotopic (exact) mass is 327 g/mol. The summed E-state index contributed by atoms with van der Waals surface area (Å²) in [4.78, 5) is 1.36. The first-order chi connectivity index (χ1) is 8.69. The van der Waals surface area contributed by atoms with Crippen molar-refractivity contribution < 1.29 is 0 Å². The number of hydrogen-bond donors (Lipinski definition) is 1. The quantitative estimate of drug-likeness (QED) is 0.879. The smallest absolute Gasteiger partial charge is 0.0643 e. The van der Waals surface area contributed by atoms with Crippen molar-refractivity contribution in [2.75, 3.05) is 6.54 Å². The van der Waals surface area contributed by atoms with Crippen molar-refractivity contribution in [2.45, 2.75) is 25.8 Å². The first-order valence-corrected chi connectivity index (χ1v) is 7.82. The molecule has 1 atom stereocenters. The molecule has 1 N–H and O–H groups in total. The summed E-state index contributed by atoms with van der Waals surface area (Å²) in [7, 11) is 1.96. The van der Waals surface area contributed by atoms with Gasteiger partial charge in [0.1, 0.15) is 0 Å². The maximum atomic E-state index is 4.46. The number of halogens is 1. The number of nitrogens with zero attached hydrogens (tertiary/aromatic N) is 2. The summed E-state index contributed by atoms with van der Waals surface area (Å²) < 4.78 is 3.02. The van der Waals surface area contributed by atoms with Gasteiger partial charge in [0.2, 0.25) is 0 Å². The second-order valence-electron chi connectivity index (χ2n) is 4.36. The molecule has 0 aromatic carbocycles. The van der Waals surface area contributed by atoms with Crippen LogP contribution in [-0.4, -0.2) is 16.3 Å². The molecule has 0 aliphatic rings. The Morgan fingerprint density at radius 2 is 2.39 bits per heavy atom. The Hall–Kier alpha value is -0.650. The van der Waals surface area contributed by atoms with Gasteiger partial charge in [0.25, 0.3) is 0 Å². The zero-order valence-electron chi connectivity index (χ0n) is 10.7. The molecule has 0 radical (unpaired) electrons. The molecule has 0 amide bonds. The van der Waals surface area contributed by atoms with Crippen LogP contribution in [-0.2, 0) is 13.5 Å². The summed E-state index contributed by atoms with van der Waals surface area (Å²) in [5.74, 6) is 0. The van der Waals surface area contributed by atoms with Crippen LogP contribution in [0.2, 0.25) is 0 Å². The molecule has 0 saturated heterocycles. The van der Waals surface area contributed by atoms with E-state index in [-0.39, 0.29) is 0 Å². The van der Waals surface area contributed by atoms with Gasteiger partial charge >= 0.3 is 0 Å². The highest BCUT2D eigenvalue weighted by molar-refractivity contribution is 9.10. The highest BCUT2D eigenvalue weighted by Gasteiger charge is 2.14. The lowest BCUT2D eigenvalue weighted by Gasteiger charge is -2.15. The summed E-state index contributed by atoms with van der Waals surface area (Å²) >= 11 is 5.31. The van der Waals surface area contributed by atoms with Crippen LogP contribution in [0, 0.1) is 0 Å². The number of hydrogen-bond acceptors (Lipinski definition) is 3. The van der Waals surface area contributed by atoms with Crippen LogP contribution in [0.4, 0.5) is 0 Å². The van der Waals surface area contributed by atoms with E-state index in [0.717, 1.165) is 29.6 Å². The Kier molecular flexibility index (Phi) is 4.97. The van der Waals surface area contributed by atoms with Crippen LogP contribution in [0.15, 0.2) is 28.2 Å². The SMILES string of the molecule is CCCNC(Cc1ccn(C)n1)c1cc(Br)cs1. The third kappa shape index (κ3) is 3.67. The Labute approximate surface area is 120 Å². The van der Waals surface area contributed by atoms with Crippen molar-refractivity contribution in [1.29, 1.82) is 0 Å². The minimum absolute atomic E-state index is 0.358. The number of thiophene rings is 1. The number of aryl methyl sites for hydroxylation is 1. The van der Waals surface area contributed by atoms with Gasteiger partial charge in [-0.2, -0.15) is 5.10 Å². The molecule has 18 heavy (non-hydrogen) atoms. The highest BCUT2D eigenvalue weighted by atomic mass is 79.9. The lowest BCUT2D eigenvalue weighted by molar-refractivity contribution is 0.528. The lowest BCUT2D eigenvalue weighted by atomic mass is 10.1. The summed E-state index contributed by atoms with van der Waals surface area (Å²) in [6.07, 6.45) is 4.08. The number of aromatic nitrogens is 2. The number of rotatable bonds is 6. The Balaban J connectivity index is 2.09. The van der Waals surface area contributed by atoms with E-state index in [2.05, 4.69) is 50.8 Å². The van der Waals surface area contributed by atoms with Crippen molar-refractivity contribution in [3.8, 4) is 0 Å². The minimum atomic E-state index is 0.358. The average Bonchev–Trinajstić information content (AvgIpc) is 2.93. The zero-order valence-corrected chi connectivity index (χ0v) is 13.1. The first-order valence-electron chi connectivity index (χ1n) is 6.15. The van der Waals surface area contributed by atoms with Gasteiger partial charge < -0.3 is 5.32 Å². The van der Waals surface area contributed by atoms with E-state index in [1.807, 2.05) is 17.9 Å². The van der Waals surface area contributed by atoms with Gasteiger partial charge in [-0.1, -0.05) is 6.92 Å². The summed E-state index contributed by atoms with van der Waals surface area (Å²) in [6, 6.07) is 4.64. The fourth-order valence-electron chi connectivity index (χ4n) is 1.88. The molecule has 1 unspecified atom stereocenters. The van der Waals surface area contributed by atoms with Gasteiger partial charge in [-0.25, -0.2) is 0 Å². The maximum Gasteiger partial charge on any atom is 0.0643 e. The van der Waals surface area contributed by atoms with Gasteiger partial charge in [-0.15, -0.1) is 11.3 Å². The van der Waals surface area contributed by atoms with Crippen LogP contribution >= 0.6 is 27.3 Å². The van der Waals surface area contributed by atoms with Crippen molar-refractivity contribution in [3.63, 3.8) is 0 Å². The van der Waals surface area contributed by atoms with Crippen LogP contribution in [0.25, 0.3) is 0 Å². The Morgan fingerprint density at radius 3 is 2.94 bits per heavy atom. The second kappa shape index (κ2) is 6.50. The molecular weight excluding hydrogens is 310 g/mol. The van der Waals surface area contributed by atoms with E-state index in [1.165, 1.54) is 4.88 Å². The van der Waals surface area contributed by atoms with E-state index in [0.29, 0.717) is 6.04 Å². The van der Waals surface area contributed by atoms with Crippen molar-refractivity contribution in [1.82, 2.24) is 15.1 Å². The zero-order chi connectivity index (χ0) is 13.0. The molecule has 2 aromatic heterocycles. The molecule has 0 saturated carbocycles. The van der Waals surface area contributed by atoms with Gasteiger partial charge in [0, 0.05) is 40.4 Å². The molecule has 2 heterocycles. The molecule has 0 spiro atoms. The molecule has 98 valence electrons. The molecule has 2 rings (SSSR count). The standard InChI is InChI=1S/C13H18BrN3S/c1-3-5-15-12(13-7-10(14)9-18-13)8-11-4-6-17(2)16-11/h4,6-7,9,12,15H,3,5,8H2,1-2H3. The fourth-order valence-corrected chi connectivity index (χ4v) is 3.41. The van der Waals surface area contributed by atoms with Crippen molar-refractivity contribution in [2.24, 2.45) is 7.05 Å². The molecule has 0 bridgehead atoms. The third-order valence-electron chi connectivity index (χ3n) is 2.75. The predicted octanol–water partition coefficient (Wildman–Crippen LogP) is 3.53. The minimum Gasteiger partial charge on any atom is -0.309 e. The lowest BCUT2D eigenvalue weighted by Crippen LogP contribution is -2.23. The first kappa shape index (κ1) is 13.8. The second-order valence-corrected chi connectivity index (χ2v) is 6.22. The molecule has 5 heteroatoms. The maximum absolute atomic E-state index is 4.46. The van der Waals surface area contributed by atoms with E-state index in [1.54, 1.807) is 11.3 Å². The molecule has 0 aliphatic carbocycles. The number of nitrogens with one attached hydrogen (secondary N) is 1. The molecule has 0 aliphatic heterocycles. The predicted molar refractivity (Wildman–Crippen MR) is 80.0 cm³/mol. The van der Waals surface area contributed by atoms with Crippen molar-refractivity contribution >= 4 is 27.3 Å². The fraction of sp³-hybridized carbons (Fsp3) is 0.462. The topological polar surface area (TPSA) is 29.9 Å². The largest absolute Gasteiger partial charge is 0.309 e. The van der Waals surface area contributed by atoms with Crippen LogP contribution in [0.3, 0.4) is 0 Å². The van der Waals surface area contributed by atoms with Crippen LogP contribution in [0.5, 0.6) is 0 Å². The van der Waals surface area contributed by atoms with E-state index in [4.69, 9.17) is 0 Å². The molecule has 3 nitrogen and oxygen atoms in total. The Morgan fingerprint density at radius 1 is 1.56 bits per heavy atom. The average molecular weight is 328 g/mol.